The lowest BCUT2D eigenvalue weighted by Crippen LogP contribution is -2.48. The molecule has 2 aromatic heterocycles. The average Bonchev–Trinajstić information content (AvgIpc) is 4.09. The highest BCUT2D eigenvalue weighted by Gasteiger charge is 2.40. The molecule has 12 nitrogen and oxygen atoms in total. The van der Waals surface area contributed by atoms with Crippen LogP contribution in [0, 0.1) is 11.8 Å². The molecule has 2 saturated carbocycles. The maximum Gasteiger partial charge on any atom is 0.250 e. The first kappa shape index (κ1) is 37.9. The summed E-state index contributed by atoms with van der Waals surface area (Å²) in [5.41, 5.74) is 8.57. The van der Waals surface area contributed by atoms with Gasteiger partial charge in [0.05, 0.1) is 34.2 Å². The molecule has 2 aliphatic heterocycles. The van der Waals surface area contributed by atoms with E-state index in [1.165, 1.54) is 0 Å². The van der Waals surface area contributed by atoms with Crippen LogP contribution >= 0.6 is 0 Å². The fourth-order valence-electron chi connectivity index (χ4n) is 9.10. The topological polar surface area (TPSA) is 156 Å². The third-order valence-electron chi connectivity index (χ3n) is 12.8. The van der Waals surface area contributed by atoms with E-state index in [2.05, 4.69) is 69.1 Å². The zero-order valence-electron chi connectivity index (χ0n) is 33.8. The number of likely N-dealkylation sites (tertiary alicyclic amines) is 2. The second-order valence-corrected chi connectivity index (χ2v) is 17.0. The number of hydrogen-bond donors (Lipinski definition) is 4. The molecule has 306 valence electrons. The van der Waals surface area contributed by atoms with E-state index in [1.54, 1.807) is 0 Å². The van der Waals surface area contributed by atoms with E-state index < -0.39 is 12.1 Å². The quantitative estimate of drug-likeness (QED) is 0.0996. The molecule has 12 heteroatoms. The predicted octanol–water partition coefficient (Wildman–Crippen LogP) is 7.67. The van der Waals surface area contributed by atoms with E-state index in [9.17, 15) is 19.2 Å². The first-order chi connectivity index (χ1) is 29.3. The third-order valence-corrected chi connectivity index (χ3v) is 12.8. The number of nitrogens with zero attached hydrogens (tertiary/aromatic N) is 4. The highest BCUT2D eigenvalue weighted by molar-refractivity contribution is 5.92. The van der Waals surface area contributed by atoms with Gasteiger partial charge in [-0.05, 0) is 110 Å². The number of aromatic nitrogens is 4. The Balaban J connectivity index is 0.838. The molecule has 60 heavy (non-hydrogen) atoms. The Morgan fingerprint density at radius 1 is 0.617 bits per heavy atom. The van der Waals surface area contributed by atoms with Crippen LogP contribution in [-0.2, 0) is 19.2 Å². The van der Waals surface area contributed by atoms with Crippen molar-refractivity contribution in [1.29, 1.82) is 0 Å². The van der Waals surface area contributed by atoms with Crippen molar-refractivity contribution in [3.8, 4) is 22.3 Å². The van der Waals surface area contributed by atoms with Crippen molar-refractivity contribution in [1.82, 2.24) is 40.4 Å². The van der Waals surface area contributed by atoms with E-state index in [0.29, 0.717) is 19.5 Å². The van der Waals surface area contributed by atoms with Crippen LogP contribution in [0.25, 0.3) is 44.3 Å². The number of aromatic amines is 2. The number of imidazole rings is 2. The third kappa shape index (κ3) is 7.43. The molecule has 4 aromatic carbocycles. The number of carbonyl (C=O) groups is 4. The fraction of sp³-hybridized carbons (Fsp3) is 0.375. The summed E-state index contributed by atoms with van der Waals surface area (Å²) in [6, 6.07) is 28.9. The summed E-state index contributed by atoms with van der Waals surface area (Å²) < 4.78 is 0. The lowest BCUT2D eigenvalue weighted by Gasteiger charge is -2.28. The standard InChI is InChI=1S/C48H50N8O4/c1-2-35(53-45(57)31-16-17-31)47(59)55-24-6-10-40(55)43-49-36-22-20-33(26-38(36)51-43)28-12-14-29(15-13-28)34-21-23-37-39(27-34)52-44(50-37)41-11-7-25-56(41)48(60)42(30-8-4-3-5-9-30)54-46(58)32-18-19-32/h3-5,8-9,12-15,20-23,26-27,31-32,35,40-42H,2,6-7,10-11,16-19,24-25H2,1H3,(H,49,51)(H,50,52)(H,53,57)(H,54,58)/t35-,40+,41+,42-/m1/s1. The Hall–Kier alpha value is -6.30. The molecule has 2 saturated heterocycles. The number of H-pyrrole nitrogens is 2. The van der Waals surface area contributed by atoms with Crippen LogP contribution in [0.15, 0.2) is 91.0 Å². The number of fused-ring (bicyclic) bond motifs is 2. The van der Waals surface area contributed by atoms with Gasteiger partial charge in [0.2, 0.25) is 23.6 Å². The smallest absolute Gasteiger partial charge is 0.250 e. The molecule has 4 atom stereocenters. The minimum atomic E-state index is -0.732. The molecule has 4 N–H and O–H groups in total. The second kappa shape index (κ2) is 15.7. The van der Waals surface area contributed by atoms with E-state index in [0.717, 1.165) is 113 Å². The summed E-state index contributed by atoms with van der Waals surface area (Å²) in [7, 11) is 0. The summed E-state index contributed by atoms with van der Waals surface area (Å²) >= 11 is 0. The van der Waals surface area contributed by atoms with Gasteiger partial charge in [-0.2, -0.15) is 0 Å². The molecule has 0 radical (unpaired) electrons. The van der Waals surface area contributed by atoms with Crippen molar-refractivity contribution in [3.05, 3.63) is 108 Å². The van der Waals surface area contributed by atoms with Crippen molar-refractivity contribution in [2.75, 3.05) is 13.1 Å². The number of benzene rings is 4. The van der Waals surface area contributed by atoms with E-state index in [1.807, 2.05) is 59.2 Å². The number of nitrogens with one attached hydrogen (secondary N) is 4. The maximum absolute atomic E-state index is 14.2. The number of rotatable bonds is 12. The first-order valence-corrected chi connectivity index (χ1v) is 21.7. The summed E-state index contributed by atoms with van der Waals surface area (Å²) in [4.78, 5) is 73.9. The molecule has 6 aromatic rings. The molecule has 4 aliphatic rings. The van der Waals surface area contributed by atoms with Gasteiger partial charge in [-0.1, -0.05) is 73.7 Å². The minimum Gasteiger partial charge on any atom is -0.344 e. The van der Waals surface area contributed by atoms with Crippen LogP contribution in [-0.4, -0.2) is 72.5 Å². The van der Waals surface area contributed by atoms with Crippen molar-refractivity contribution in [2.24, 2.45) is 11.8 Å². The normalized spacial score (nSPS) is 20.1. The molecule has 4 amide bonds. The van der Waals surface area contributed by atoms with Crippen molar-refractivity contribution in [2.45, 2.75) is 88.9 Å². The minimum absolute atomic E-state index is 0.00163. The Labute approximate surface area is 348 Å². The van der Waals surface area contributed by atoms with Crippen LogP contribution in [0.2, 0.25) is 0 Å². The molecule has 4 fully saturated rings. The Kier molecular flexibility index (Phi) is 9.93. The fourth-order valence-corrected chi connectivity index (χ4v) is 9.10. The van der Waals surface area contributed by atoms with Crippen LogP contribution < -0.4 is 10.6 Å². The van der Waals surface area contributed by atoms with Gasteiger partial charge < -0.3 is 30.4 Å². The SMILES string of the molecule is CC[C@@H](NC(=O)C1CC1)C(=O)N1CCC[C@H]1c1nc2ccc(-c3ccc(-c4ccc5nc([C@@H]6CCCN6C(=O)[C@H](NC(=O)C6CC6)c6ccccc6)[nH]c5c4)cc3)cc2[nH]1. The van der Waals surface area contributed by atoms with Crippen LogP contribution in [0.3, 0.4) is 0 Å². The van der Waals surface area contributed by atoms with Gasteiger partial charge in [0, 0.05) is 24.9 Å². The monoisotopic (exact) mass is 802 g/mol. The molecule has 0 bridgehead atoms. The molecule has 10 rings (SSSR count). The van der Waals surface area contributed by atoms with Crippen LogP contribution in [0.4, 0.5) is 0 Å². The van der Waals surface area contributed by atoms with Gasteiger partial charge in [-0.3, -0.25) is 19.2 Å². The number of carbonyl (C=O) groups excluding carboxylic acids is 4. The van der Waals surface area contributed by atoms with E-state index in [-0.39, 0.29) is 47.5 Å². The predicted molar refractivity (Wildman–Crippen MR) is 229 cm³/mol. The number of hydrogen-bond acceptors (Lipinski definition) is 6. The van der Waals surface area contributed by atoms with Crippen molar-refractivity contribution < 1.29 is 19.2 Å². The van der Waals surface area contributed by atoms with Crippen LogP contribution in [0.5, 0.6) is 0 Å². The molecule has 4 heterocycles. The van der Waals surface area contributed by atoms with Gasteiger partial charge in [-0.25, -0.2) is 9.97 Å². The van der Waals surface area contributed by atoms with Gasteiger partial charge >= 0.3 is 0 Å². The molecule has 0 unspecified atom stereocenters. The zero-order valence-corrected chi connectivity index (χ0v) is 33.8. The lowest BCUT2D eigenvalue weighted by atomic mass is 10.00. The Bertz CT molecular complexity index is 2590. The van der Waals surface area contributed by atoms with Crippen LogP contribution in [0.1, 0.15) is 100 Å². The largest absolute Gasteiger partial charge is 0.344 e. The number of amides is 4. The Morgan fingerprint density at radius 3 is 1.60 bits per heavy atom. The maximum atomic E-state index is 14.2. The van der Waals surface area contributed by atoms with Gasteiger partial charge in [0.25, 0.3) is 0 Å². The molecule has 0 spiro atoms. The average molecular weight is 803 g/mol. The second-order valence-electron chi connectivity index (χ2n) is 17.0. The zero-order chi connectivity index (χ0) is 40.9. The summed E-state index contributed by atoms with van der Waals surface area (Å²) in [5, 5.41) is 6.06. The highest BCUT2D eigenvalue weighted by atomic mass is 16.2. The van der Waals surface area contributed by atoms with E-state index >= 15 is 0 Å². The van der Waals surface area contributed by atoms with Crippen molar-refractivity contribution in [3.63, 3.8) is 0 Å². The molecular formula is C48H50N8O4. The molecular weight excluding hydrogens is 753 g/mol. The first-order valence-electron chi connectivity index (χ1n) is 21.7. The summed E-state index contributed by atoms with van der Waals surface area (Å²) in [6.07, 6.45) is 7.50. The van der Waals surface area contributed by atoms with Gasteiger partial charge in [-0.15, -0.1) is 0 Å². The summed E-state index contributed by atoms with van der Waals surface area (Å²) in [6.45, 7) is 3.21. The summed E-state index contributed by atoms with van der Waals surface area (Å²) in [5.74, 6) is 1.42. The van der Waals surface area contributed by atoms with Gasteiger partial charge in [0.1, 0.15) is 23.7 Å². The Morgan fingerprint density at radius 2 is 1.10 bits per heavy atom. The van der Waals surface area contributed by atoms with Gasteiger partial charge in [0.15, 0.2) is 0 Å². The lowest BCUT2D eigenvalue weighted by molar-refractivity contribution is -0.138. The highest BCUT2D eigenvalue weighted by Crippen LogP contribution is 2.37. The van der Waals surface area contributed by atoms with E-state index in [4.69, 9.17) is 9.97 Å². The molecule has 2 aliphatic carbocycles. The van der Waals surface area contributed by atoms with Crippen molar-refractivity contribution >= 4 is 45.7 Å².